The van der Waals surface area contributed by atoms with Crippen LogP contribution >= 0.6 is 0 Å². The molecule has 0 spiro atoms. The number of aromatic nitrogens is 4. The minimum absolute atomic E-state index is 0.0746. The minimum atomic E-state index is -0.219. The van der Waals surface area contributed by atoms with Crippen LogP contribution < -0.4 is 15.2 Å². The Kier molecular flexibility index (Phi) is 6.00. The van der Waals surface area contributed by atoms with Crippen LogP contribution in [0.3, 0.4) is 0 Å². The number of hydrogen-bond acceptors (Lipinski definition) is 5. The van der Waals surface area contributed by atoms with Crippen LogP contribution in [-0.4, -0.2) is 32.1 Å². The Bertz CT molecular complexity index is 1070. The van der Waals surface area contributed by atoms with Gasteiger partial charge in [0.05, 0.1) is 13.2 Å². The van der Waals surface area contributed by atoms with Crippen LogP contribution in [0.15, 0.2) is 29.1 Å². The third-order valence-electron chi connectivity index (χ3n) is 4.67. The fraction of sp³-hybridized carbons (Fsp3) is 0.429. The molecule has 0 saturated carbocycles. The number of rotatable bonds is 7. The Labute approximate surface area is 169 Å². The van der Waals surface area contributed by atoms with E-state index in [2.05, 4.69) is 15.1 Å². The van der Waals surface area contributed by atoms with Crippen molar-refractivity contribution >= 4 is 17.6 Å². The highest BCUT2D eigenvalue weighted by atomic mass is 16.5. The van der Waals surface area contributed by atoms with E-state index in [0.717, 1.165) is 11.3 Å². The summed E-state index contributed by atoms with van der Waals surface area (Å²) in [4.78, 5) is 35.8. The molecule has 0 unspecified atom stereocenters. The molecule has 1 aromatic carbocycles. The zero-order valence-electron chi connectivity index (χ0n) is 17.5. The summed E-state index contributed by atoms with van der Waals surface area (Å²) in [6, 6.07) is 7.59. The second-order valence-electron chi connectivity index (χ2n) is 7.46. The van der Waals surface area contributed by atoms with Gasteiger partial charge in [0.15, 0.2) is 0 Å². The SMILES string of the molecule is CCOc1ccc(CN(C(=O)CC(C)C)c2nc3nc(C)c(C)c(=O)n3[nH]2)cc1. The van der Waals surface area contributed by atoms with Crippen molar-refractivity contribution in [3.63, 3.8) is 0 Å². The van der Waals surface area contributed by atoms with E-state index >= 15 is 0 Å². The van der Waals surface area contributed by atoms with Gasteiger partial charge in [-0.05, 0) is 44.4 Å². The third kappa shape index (κ3) is 4.47. The average molecular weight is 397 g/mol. The molecule has 8 heteroatoms. The molecule has 0 aliphatic rings. The Morgan fingerprint density at radius 3 is 2.52 bits per heavy atom. The lowest BCUT2D eigenvalue weighted by atomic mass is 10.1. The van der Waals surface area contributed by atoms with Crippen LogP contribution in [0.2, 0.25) is 0 Å². The summed E-state index contributed by atoms with van der Waals surface area (Å²) in [7, 11) is 0. The molecule has 1 amide bonds. The molecule has 0 aliphatic carbocycles. The normalized spacial score (nSPS) is 11.2. The maximum atomic E-state index is 13.0. The molecule has 0 radical (unpaired) electrons. The fourth-order valence-electron chi connectivity index (χ4n) is 2.99. The van der Waals surface area contributed by atoms with Crippen LogP contribution in [0.25, 0.3) is 5.78 Å². The lowest BCUT2D eigenvalue weighted by Crippen LogP contribution is -2.32. The van der Waals surface area contributed by atoms with E-state index in [4.69, 9.17) is 4.74 Å². The van der Waals surface area contributed by atoms with Crippen molar-refractivity contribution in [1.29, 1.82) is 0 Å². The standard InChI is InChI=1S/C21H27N5O3/c1-6-29-17-9-7-16(8-10-17)12-25(18(27)11-13(2)3)21-23-20-22-15(5)14(4)19(28)26(20)24-21/h7-10,13H,6,11-12H2,1-5H3,(H,22,23,24). The molecule has 0 saturated heterocycles. The number of fused-ring (bicyclic) bond motifs is 1. The number of hydrogen-bond donors (Lipinski definition) is 1. The van der Waals surface area contributed by atoms with Gasteiger partial charge >= 0.3 is 0 Å². The largest absolute Gasteiger partial charge is 0.494 e. The van der Waals surface area contributed by atoms with Gasteiger partial charge in [-0.1, -0.05) is 26.0 Å². The number of benzene rings is 1. The van der Waals surface area contributed by atoms with Crippen molar-refractivity contribution in [3.05, 3.63) is 51.4 Å². The summed E-state index contributed by atoms with van der Waals surface area (Å²) >= 11 is 0. The van der Waals surface area contributed by atoms with Crippen molar-refractivity contribution in [2.75, 3.05) is 11.5 Å². The van der Waals surface area contributed by atoms with E-state index in [1.54, 1.807) is 18.7 Å². The molecule has 0 fully saturated rings. The van der Waals surface area contributed by atoms with Crippen molar-refractivity contribution in [3.8, 4) is 5.75 Å². The number of nitrogens with one attached hydrogen (secondary N) is 1. The van der Waals surface area contributed by atoms with Crippen LogP contribution in [-0.2, 0) is 11.3 Å². The molecule has 2 heterocycles. The highest BCUT2D eigenvalue weighted by molar-refractivity contribution is 5.91. The number of amides is 1. The number of carbonyl (C=O) groups is 1. The average Bonchev–Trinajstić information content (AvgIpc) is 3.08. The first-order valence-electron chi connectivity index (χ1n) is 9.78. The van der Waals surface area contributed by atoms with Crippen molar-refractivity contribution < 1.29 is 9.53 Å². The van der Waals surface area contributed by atoms with Crippen molar-refractivity contribution in [2.24, 2.45) is 5.92 Å². The van der Waals surface area contributed by atoms with E-state index in [0.29, 0.717) is 36.8 Å². The first kappa shape index (κ1) is 20.6. The predicted molar refractivity (Wildman–Crippen MR) is 111 cm³/mol. The summed E-state index contributed by atoms with van der Waals surface area (Å²) in [6.07, 6.45) is 0.370. The number of H-pyrrole nitrogens is 1. The Balaban J connectivity index is 1.99. The van der Waals surface area contributed by atoms with Gasteiger partial charge in [-0.3, -0.25) is 19.6 Å². The van der Waals surface area contributed by atoms with Gasteiger partial charge < -0.3 is 4.74 Å². The van der Waals surface area contributed by atoms with Crippen LogP contribution in [0.4, 0.5) is 5.95 Å². The monoisotopic (exact) mass is 397 g/mol. The number of anilines is 1. The highest BCUT2D eigenvalue weighted by Gasteiger charge is 2.22. The predicted octanol–water partition coefficient (Wildman–Crippen LogP) is 3.01. The van der Waals surface area contributed by atoms with Gasteiger partial charge in [0, 0.05) is 17.7 Å². The quantitative estimate of drug-likeness (QED) is 0.662. The molecule has 3 rings (SSSR count). The smallest absolute Gasteiger partial charge is 0.277 e. The first-order chi connectivity index (χ1) is 13.8. The van der Waals surface area contributed by atoms with Gasteiger partial charge in [-0.15, -0.1) is 0 Å². The molecule has 154 valence electrons. The van der Waals surface area contributed by atoms with Crippen molar-refractivity contribution in [2.45, 2.75) is 47.6 Å². The van der Waals surface area contributed by atoms with Crippen LogP contribution in [0, 0.1) is 19.8 Å². The second kappa shape index (κ2) is 8.46. The van der Waals surface area contributed by atoms with E-state index in [1.165, 1.54) is 4.52 Å². The number of nitrogens with zero attached hydrogens (tertiary/aromatic N) is 4. The number of aromatic amines is 1. The zero-order valence-corrected chi connectivity index (χ0v) is 17.5. The van der Waals surface area contributed by atoms with Gasteiger partial charge in [0.25, 0.3) is 11.3 Å². The second-order valence-corrected chi connectivity index (χ2v) is 7.46. The van der Waals surface area contributed by atoms with Crippen LogP contribution in [0.1, 0.15) is 44.0 Å². The number of carbonyl (C=O) groups excluding carboxylic acids is 1. The molecule has 29 heavy (non-hydrogen) atoms. The summed E-state index contributed by atoms with van der Waals surface area (Å²) in [5.74, 6) is 1.46. The Hall–Kier alpha value is -3.16. The molecular formula is C21H27N5O3. The molecule has 0 aliphatic heterocycles. The molecule has 0 bridgehead atoms. The molecule has 0 atom stereocenters. The topological polar surface area (TPSA) is 92.6 Å². The van der Waals surface area contributed by atoms with E-state index < -0.39 is 0 Å². The molecule has 8 nitrogen and oxygen atoms in total. The molecule has 2 aromatic heterocycles. The van der Waals surface area contributed by atoms with E-state index in [9.17, 15) is 9.59 Å². The van der Waals surface area contributed by atoms with Gasteiger partial charge in [-0.25, -0.2) is 4.98 Å². The van der Waals surface area contributed by atoms with E-state index in [1.807, 2.05) is 45.0 Å². The first-order valence-corrected chi connectivity index (χ1v) is 9.78. The third-order valence-corrected chi connectivity index (χ3v) is 4.67. The van der Waals surface area contributed by atoms with Crippen molar-refractivity contribution in [1.82, 2.24) is 19.6 Å². The highest BCUT2D eigenvalue weighted by Crippen LogP contribution is 2.19. The Morgan fingerprint density at radius 2 is 1.90 bits per heavy atom. The van der Waals surface area contributed by atoms with Gasteiger partial charge in [0.1, 0.15) is 5.75 Å². The zero-order chi connectivity index (χ0) is 21.1. The van der Waals surface area contributed by atoms with Crippen LogP contribution in [0.5, 0.6) is 5.75 Å². The maximum Gasteiger partial charge on any atom is 0.277 e. The van der Waals surface area contributed by atoms with E-state index in [-0.39, 0.29) is 23.2 Å². The minimum Gasteiger partial charge on any atom is -0.494 e. The summed E-state index contributed by atoms with van der Waals surface area (Å²) in [5.41, 5.74) is 1.88. The molecular weight excluding hydrogens is 370 g/mol. The molecule has 3 aromatic rings. The van der Waals surface area contributed by atoms with Gasteiger partial charge in [-0.2, -0.15) is 9.50 Å². The summed E-state index contributed by atoms with van der Waals surface area (Å²) < 4.78 is 6.76. The lowest BCUT2D eigenvalue weighted by Gasteiger charge is -2.21. The number of ether oxygens (including phenoxy) is 1. The fourth-order valence-corrected chi connectivity index (χ4v) is 2.99. The maximum absolute atomic E-state index is 13.0. The lowest BCUT2D eigenvalue weighted by molar-refractivity contribution is -0.119. The number of aryl methyl sites for hydroxylation is 1. The summed E-state index contributed by atoms with van der Waals surface area (Å²) in [5, 5.41) is 2.95. The summed E-state index contributed by atoms with van der Waals surface area (Å²) in [6.45, 7) is 10.3. The molecule has 1 N–H and O–H groups in total. The Morgan fingerprint density at radius 1 is 1.21 bits per heavy atom. The van der Waals surface area contributed by atoms with Gasteiger partial charge in [0.2, 0.25) is 11.9 Å².